The average molecular weight is 459 g/mol. The van der Waals surface area contributed by atoms with E-state index in [1.54, 1.807) is 36.4 Å². The van der Waals surface area contributed by atoms with E-state index >= 15 is 0 Å². The van der Waals surface area contributed by atoms with E-state index in [1.165, 1.54) is 0 Å². The van der Waals surface area contributed by atoms with Crippen molar-refractivity contribution in [2.75, 3.05) is 18.7 Å². The summed E-state index contributed by atoms with van der Waals surface area (Å²) < 4.78 is 16.4. The summed E-state index contributed by atoms with van der Waals surface area (Å²) in [7, 11) is 0. The Labute approximate surface area is 195 Å². The monoisotopic (exact) mass is 459 g/mol. The fourth-order valence-corrected chi connectivity index (χ4v) is 3.78. The summed E-state index contributed by atoms with van der Waals surface area (Å²) in [5, 5.41) is 5.47. The van der Waals surface area contributed by atoms with Gasteiger partial charge in [0.15, 0.2) is 11.5 Å². The second-order valence-electron chi connectivity index (χ2n) is 7.79. The van der Waals surface area contributed by atoms with E-state index in [9.17, 15) is 14.4 Å². The van der Waals surface area contributed by atoms with Gasteiger partial charge in [0.1, 0.15) is 18.0 Å². The maximum absolute atomic E-state index is 12.7. The molecule has 4 amide bonds. The number of amides is 4. The smallest absolute Gasteiger partial charge is 0.325 e. The standard InChI is InChI=1S/C25H21N3O6/c29-23(26-17-9-10-21-22(12-17)33-15-32-21)14-28-24(30)13-20(27-25(28)31)16-5-4-8-19(11-16)34-18-6-2-1-3-7-18/h1-12,20H,13-15H2,(H,26,29)(H,27,31). The number of ether oxygens (including phenoxy) is 3. The predicted molar refractivity (Wildman–Crippen MR) is 122 cm³/mol. The van der Waals surface area contributed by atoms with Crippen LogP contribution in [-0.4, -0.2) is 36.1 Å². The molecule has 3 aromatic carbocycles. The molecule has 1 saturated heterocycles. The molecule has 0 bridgehead atoms. The van der Waals surface area contributed by atoms with E-state index in [0.717, 1.165) is 10.5 Å². The zero-order valence-electron chi connectivity index (χ0n) is 18.0. The van der Waals surface area contributed by atoms with Gasteiger partial charge in [-0.05, 0) is 42.0 Å². The van der Waals surface area contributed by atoms with E-state index in [4.69, 9.17) is 14.2 Å². The first-order chi connectivity index (χ1) is 16.5. The van der Waals surface area contributed by atoms with Crippen LogP contribution in [0.1, 0.15) is 18.0 Å². The molecule has 34 heavy (non-hydrogen) atoms. The normalized spacial score (nSPS) is 16.7. The molecule has 0 saturated carbocycles. The van der Waals surface area contributed by atoms with Crippen LogP contribution in [0.4, 0.5) is 10.5 Å². The number of nitrogens with one attached hydrogen (secondary N) is 2. The van der Waals surface area contributed by atoms with Crippen LogP contribution in [0, 0.1) is 0 Å². The largest absolute Gasteiger partial charge is 0.457 e. The first-order valence-corrected chi connectivity index (χ1v) is 10.7. The van der Waals surface area contributed by atoms with Gasteiger partial charge in [-0.15, -0.1) is 0 Å². The molecular weight excluding hydrogens is 438 g/mol. The van der Waals surface area contributed by atoms with Gasteiger partial charge in [-0.3, -0.25) is 14.5 Å². The van der Waals surface area contributed by atoms with E-state index < -0.39 is 30.4 Å². The van der Waals surface area contributed by atoms with Crippen LogP contribution in [0.2, 0.25) is 0 Å². The first-order valence-electron chi connectivity index (χ1n) is 10.7. The van der Waals surface area contributed by atoms with E-state index in [2.05, 4.69) is 10.6 Å². The van der Waals surface area contributed by atoms with Gasteiger partial charge in [0.05, 0.1) is 12.5 Å². The number of carbonyl (C=O) groups excluding carboxylic acids is 3. The molecule has 3 aromatic rings. The van der Waals surface area contributed by atoms with Crippen molar-refractivity contribution in [2.45, 2.75) is 12.5 Å². The molecule has 9 nitrogen and oxygen atoms in total. The van der Waals surface area contributed by atoms with Crippen molar-refractivity contribution in [3.05, 3.63) is 78.4 Å². The minimum atomic E-state index is -0.628. The molecule has 0 spiro atoms. The Kier molecular flexibility index (Phi) is 5.73. The molecule has 1 unspecified atom stereocenters. The Morgan fingerprint density at radius 1 is 0.971 bits per heavy atom. The lowest BCUT2D eigenvalue weighted by atomic mass is 10.0. The number of imide groups is 1. The number of rotatable bonds is 6. The fraction of sp³-hybridized carbons (Fsp3) is 0.160. The van der Waals surface area contributed by atoms with Crippen molar-refractivity contribution in [1.29, 1.82) is 0 Å². The molecule has 2 N–H and O–H groups in total. The summed E-state index contributed by atoms with van der Waals surface area (Å²) in [5.41, 5.74) is 1.21. The van der Waals surface area contributed by atoms with Crippen molar-refractivity contribution in [3.63, 3.8) is 0 Å². The molecule has 0 aromatic heterocycles. The molecule has 172 valence electrons. The second-order valence-corrected chi connectivity index (χ2v) is 7.79. The Hall–Kier alpha value is -4.53. The fourth-order valence-electron chi connectivity index (χ4n) is 3.78. The highest BCUT2D eigenvalue weighted by atomic mass is 16.7. The highest BCUT2D eigenvalue weighted by molar-refractivity contribution is 6.03. The lowest BCUT2D eigenvalue weighted by molar-refractivity contribution is -0.133. The highest BCUT2D eigenvalue weighted by Crippen LogP contribution is 2.34. The third kappa shape index (κ3) is 4.63. The van der Waals surface area contributed by atoms with Crippen LogP contribution in [0.25, 0.3) is 0 Å². The Balaban J connectivity index is 1.21. The maximum Gasteiger partial charge on any atom is 0.325 e. The van der Waals surface area contributed by atoms with Gasteiger partial charge in [-0.2, -0.15) is 0 Å². The number of nitrogens with zero attached hydrogens (tertiary/aromatic N) is 1. The van der Waals surface area contributed by atoms with Crippen LogP contribution >= 0.6 is 0 Å². The number of benzene rings is 3. The highest BCUT2D eigenvalue weighted by Gasteiger charge is 2.34. The molecule has 1 fully saturated rings. The third-order valence-electron chi connectivity index (χ3n) is 5.42. The van der Waals surface area contributed by atoms with Crippen LogP contribution in [-0.2, 0) is 9.59 Å². The van der Waals surface area contributed by atoms with Gasteiger partial charge in [0.25, 0.3) is 0 Å². The Bertz CT molecular complexity index is 1230. The zero-order valence-corrected chi connectivity index (χ0v) is 18.0. The topological polar surface area (TPSA) is 106 Å². The van der Waals surface area contributed by atoms with Gasteiger partial charge in [0.2, 0.25) is 18.6 Å². The summed E-state index contributed by atoms with van der Waals surface area (Å²) in [4.78, 5) is 38.7. The average Bonchev–Trinajstić information content (AvgIpc) is 3.30. The molecule has 1 atom stereocenters. The number of carbonyl (C=O) groups is 3. The van der Waals surface area contributed by atoms with Crippen LogP contribution < -0.4 is 24.8 Å². The van der Waals surface area contributed by atoms with Gasteiger partial charge < -0.3 is 24.8 Å². The number of hydrogen-bond acceptors (Lipinski definition) is 6. The molecule has 9 heteroatoms. The lowest BCUT2D eigenvalue weighted by Crippen LogP contribution is -2.53. The van der Waals surface area contributed by atoms with Crippen molar-refractivity contribution >= 4 is 23.5 Å². The Morgan fingerprint density at radius 2 is 1.76 bits per heavy atom. The summed E-state index contributed by atoms with van der Waals surface area (Å²) in [6.45, 7) is -0.277. The van der Waals surface area contributed by atoms with E-state index in [-0.39, 0.29) is 13.2 Å². The van der Waals surface area contributed by atoms with Crippen LogP contribution in [0.5, 0.6) is 23.0 Å². The minimum Gasteiger partial charge on any atom is -0.457 e. The number of hydrogen-bond donors (Lipinski definition) is 2. The number of anilines is 1. The molecular formula is C25H21N3O6. The second kappa shape index (κ2) is 9.14. The molecule has 2 aliphatic rings. The molecule has 5 rings (SSSR count). The van der Waals surface area contributed by atoms with Gasteiger partial charge in [-0.1, -0.05) is 30.3 Å². The van der Waals surface area contributed by atoms with Gasteiger partial charge in [0, 0.05) is 11.8 Å². The predicted octanol–water partition coefficient (Wildman–Crippen LogP) is 3.83. The summed E-state index contributed by atoms with van der Waals surface area (Å²) in [5.74, 6) is 1.45. The quantitative estimate of drug-likeness (QED) is 0.580. The Morgan fingerprint density at radius 3 is 2.59 bits per heavy atom. The first kappa shape index (κ1) is 21.3. The SMILES string of the molecule is O=C(CN1C(=O)CC(c2cccc(Oc3ccccc3)c2)NC1=O)Nc1ccc2c(c1)OCO2. The van der Waals surface area contributed by atoms with Crippen molar-refractivity contribution in [3.8, 4) is 23.0 Å². The van der Waals surface area contributed by atoms with Crippen molar-refractivity contribution < 1.29 is 28.6 Å². The summed E-state index contributed by atoms with van der Waals surface area (Å²) >= 11 is 0. The molecule has 2 heterocycles. The zero-order chi connectivity index (χ0) is 23.5. The van der Waals surface area contributed by atoms with Gasteiger partial charge >= 0.3 is 6.03 Å². The van der Waals surface area contributed by atoms with Gasteiger partial charge in [-0.25, -0.2) is 4.79 Å². The third-order valence-corrected chi connectivity index (χ3v) is 5.42. The maximum atomic E-state index is 12.7. The van der Waals surface area contributed by atoms with E-state index in [0.29, 0.717) is 28.7 Å². The molecule has 2 aliphatic heterocycles. The number of fused-ring (bicyclic) bond motifs is 1. The lowest BCUT2D eigenvalue weighted by Gasteiger charge is -2.31. The van der Waals surface area contributed by atoms with Crippen LogP contribution in [0.15, 0.2) is 72.8 Å². The van der Waals surface area contributed by atoms with Crippen molar-refractivity contribution in [2.24, 2.45) is 0 Å². The number of urea groups is 1. The van der Waals surface area contributed by atoms with E-state index in [1.807, 2.05) is 36.4 Å². The number of para-hydroxylation sites is 1. The molecule has 0 radical (unpaired) electrons. The van der Waals surface area contributed by atoms with Crippen LogP contribution in [0.3, 0.4) is 0 Å². The summed E-state index contributed by atoms with van der Waals surface area (Å²) in [6.07, 6.45) is 0.0256. The molecule has 0 aliphatic carbocycles. The summed E-state index contributed by atoms with van der Waals surface area (Å²) in [6, 6.07) is 20.3. The van der Waals surface area contributed by atoms with Crippen molar-refractivity contribution in [1.82, 2.24) is 10.2 Å². The minimum absolute atomic E-state index is 0.0256.